The van der Waals surface area contributed by atoms with Crippen molar-refractivity contribution in [2.45, 2.75) is 10.8 Å². The topological polar surface area (TPSA) is 94.2 Å². The Labute approximate surface area is 123 Å². The zero-order valence-electron chi connectivity index (χ0n) is 11.4. The molecule has 0 fully saturated rings. The lowest BCUT2D eigenvalue weighted by Crippen LogP contribution is -2.37. The molecule has 1 N–H and O–H groups in total. The van der Waals surface area contributed by atoms with Crippen LogP contribution in [0.2, 0.25) is 0 Å². The molecule has 0 aliphatic carbocycles. The molecule has 0 spiro atoms. The fraction of sp³-hybridized carbons (Fsp3) is 0.231. The predicted octanol–water partition coefficient (Wildman–Crippen LogP) is 0.470. The molecule has 0 bridgehead atoms. The van der Waals surface area contributed by atoms with Crippen LogP contribution in [0.3, 0.4) is 0 Å². The highest BCUT2D eigenvalue weighted by molar-refractivity contribution is 7.98. The van der Waals surface area contributed by atoms with Crippen molar-refractivity contribution < 1.29 is 9.90 Å². The first kappa shape index (κ1) is 15.0. The van der Waals surface area contributed by atoms with Crippen LogP contribution < -0.4 is 11.2 Å². The van der Waals surface area contributed by atoms with E-state index in [0.717, 1.165) is 4.57 Å². The van der Waals surface area contributed by atoms with E-state index in [9.17, 15) is 14.4 Å². The summed E-state index contributed by atoms with van der Waals surface area (Å²) in [5.41, 5.74) is -0.0766. The molecule has 2 aromatic heterocycles. The van der Waals surface area contributed by atoms with Gasteiger partial charge in [0.2, 0.25) is 0 Å². The first-order chi connectivity index (χ1) is 9.90. The van der Waals surface area contributed by atoms with Gasteiger partial charge in [0.1, 0.15) is 0 Å². The molecule has 0 saturated carbocycles. The van der Waals surface area contributed by atoms with Gasteiger partial charge in [-0.1, -0.05) is 0 Å². The molecular weight excluding hydrogens is 294 g/mol. The highest BCUT2D eigenvalue weighted by Crippen LogP contribution is 2.20. The number of nitrogens with zero attached hydrogens (tertiary/aromatic N) is 3. The molecule has 2 rings (SSSR count). The molecule has 21 heavy (non-hydrogen) atoms. The summed E-state index contributed by atoms with van der Waals surface area (Å²) in [7, 11) is 3.00. The monoisotopic (exact) mass is 307 g/mol. The third-order valence-corrected chi connectivity index (χ3v) is 3.93. The number of pyridine rings is 1. The van der Waals surface area contributed by atoms with Gasteiger partial charge >= 0.3 is 11.7 Å². The number of hydrogen-bond donors (Lipinski definition) is 1. The average Bonchev–Trinajstić information content (AvgIpc) is 2.47. The van der Waals surface area contributed by atoms with Crippen molar-refractivity contribution in [1.82, 2.24) is 14.1 Å². The van der Waals surface area contributed by atoms with Crippen molar-refractivity contribution in [3.05, 3.63) is 56.5 Å². The summed E-state index contributed by atoms with van der Waals surface area (Å²) in [6.45, 7) is 0. The van der Waals surface area contributed by atoms with Gasteiger partial charge in [0.25, 0.3) is 5.56 Å². The van der Waals surface area contributed by atoms with Crippen LogP contribution >= 0.6 is 11.8 Å². The number of thioether (sulfide) groups is 1. The summed E-state index contributed by atoms with van der Waals surface area (Å²) >= 11 is 1.26. The zero-order valence-corrected chi connectivity index (χ0v) is 12.3. The van der Waals surface area contributed by atoms with Crippen molar-refractivity contribution in [1.29, 1.82) is 0 Å². The van der Waals surface area contributed by atoms with E-state index in [1.807, 2.05) is 0 Å². The number of aromatic carboxylic acids is 1. The summed E-state index contributed by atoms with van der Waals surface area (Å²) < 4.78 is 2.41. The van der Waals surface area contributed by atoms with Crippen LogP contribution in [0.15, 0.2) is 39.0 Å². The lowest BCUT2D eigenvalue weighted by atomic mass is 10.3. The van der Waals surface area contributed by atoms with Crippen molar-refractivity contribution in [3.63, 3.8) is 0 Å². The minimum absolute atomic E-state index is 0.144. The number of hydrogen-bond acceptors (Lipinski definition) is 5. The quantitative estimate of drug-likeness (QED) is 0.825. The van der Waals surface area contributed by atoms with Crippen LogP contribution in [-0.2, 0) is 19.8 Å². The molecule has 2 aromatic rings. The Bertz CT molecular complexity index is 810. The maximum Gasteiger partial charge on any atom is 0.335 e. The summed E-state index contributed by atoms with van der Waals surface area (Å²) in [6, 6.07) is 4.24. The average molecular weight is 307 g/mol. The predicted molar refractivity (Wildman–Crippen MR) is 77.7 cm³/mol. The summed E-state index contributed by atoms with van der Waals surface area (Å²) in [5.74, 6) is -0.682. The van der Waals surface area contributed by atoms with Crippen molar-refractivity contribution in [2.24, 2.45) is 14.1 Å². The van der Waals surface area contributed by atoms with Gasteiger partial charge in [-0.2, -0.15) is 0 Å². The van der Waals surface area contributed by atoms with E-state index in [-0.39, 0.29) is 11.1 Å². The highest BCUT2D eigenvalue weighted by Gasteiger charge is 2.08. The van der Waals surface area contributed by atoms with E-state index < -0.39 is 11.7 Å². The van der Waals surface area contributed by atoms with E-state index in [2.05, 4.69) is 4.98 Å². The first-order valence-corrected chi connectivity index (χ1v) is 6.97. The number of aromatic nitrogens is 3. The van der Waals surface area contributed by atoms with E-state index >= 15 is 0 Å². The van der Waals surface area contributed by atoms with Crippen molar-refractivity contribution in [3.8, 4) is 0 Å². The Morgan fingerprint density at radius 2 is 2.00 bits per heavy atom. The fourth-order valence-corrected chi connectivity index (χ4v) is 2.60. The van der Waals surface area contributed by atoms with Gasteiger partial charge in [0.15, 0.2) is 0 Å². The van der Waals surface area contributed by atoms with Crippen LogP contribution in [0, 0.1) is 0 Å². The SMILES string of the molecule is Cn1c(CSc2cc(C(=O)O)ccn2)cc(=O)n(C)c1=O. The lowest BCUT2D eigenvalue weighted by Gasteiger charge is -2.08. The maximum absolute atomic E-state index is 11.8. The maximum atomic E-state index is 11.8. The fourth-order valence-electron chi connectivity index (χ4n) is 1.69. The second kappa shape index (κ2) is 5.96. The van der Waals surface area contributed by atoms with Gasteiger partial charge in [-0.25, -0.2) is 14.6 Å². The molecule has 110 valence electrons. The summed E-state index contributed by atoms with van der Waals surface area (Å²) in [6.07, 6.45) is 1.41. The number of rotatable bonds is 4. The number of carboxylic acids is 1. The normalized spacial score (nSPS) is 10.6. The number of carbonyl (C=O) groups is 1. The molecule has 2 heterocycles. The van der Waals surface area contributed by atoms with Crippen LogP contribution in [0.4, 0.5) is 0 Å². The van der Waals surface area contributed by atoms with Gasteiger partial charge in [-0.3, -0.25) is 13.9 Å². The van der Waals surface area contributed by atoms with Crippen molar-refractivity contribution >= 4 is 17.7 Å². The smallest absolute Gasteiger partial charge is 0.335 e. The van der Waals surface area contributed by atoms with Crippen molar-refractivity contribution in [2.75, 3.05) is 0 Å². The summed E-state index contributed by atoms with van der Waals surface area (Å²) in [5, 5.41) is 9.43. The van der Waals surface area contributed by atoms with Gasteiger partial charge in [0, 0.05) is 37.8 Å². The van der Waals surface area contributed by atoms with Crippen LogP contribution in [0.25, 0.3) is 0 Å². The van der Waals surface area contributed by atoms with Gasteiger partial charge in [0.05, 0.1) is 10.6 Å². The molecule has 7 nitrogen and oxygen atoms in total. The van der Waals surface area contributed by atoms with E-state index in [1.165, 1.54) is 47.8 Å². The second-order valence-corrected chi connectivity index (χ2v) is 5.35. The minimum atomic E-state index is -1.03. The van der Waals surface area contributed by atoms with Crippen LogP contribution in [0.1, 0.15) is 16.1 Å². The third kappa shape index (κ3) is 3.22. The van der Waals surface area contributed by atoms with Crippen LogP contribution in [0.5, 0.6) is 0 Å². The molecule has 8 heteroatoms. The Hall–Kier alpha value is -2.35. The molecule has 0 aliphatic heterocycles. The van der Waals surface area contributed by atoms with Gasteiger partial charge in [-0.15, -0.1) is 11.8 Å². The standard InChI is InChI=1S/C13H13N3O4S/c1-15-9(6-11(17)16(2)13(15)20)7-21-10-5-8(12(18)19)3-4-14-10/h3-6H,7H2,1-2H3,(H,18,19). The Kier molecular flexibility index (Phi) is 4.27. The van der Waals surface area contributed by atoms with Gasteiger partial charge in [-0.05, 0) is 12.1 Å². The molecule has 0 radical (unpaired) electrons. The largest absolute Gasteiger partial charge is 0.478 e. The Morgan fingerprint density at radius 1 is 1.29 bits per heavy atom. The molecule has 0 aromatic carbocycles. The molecule has 0 amide bonds. The van der Waals surface area contributed by atoms with Gasteiger partial charge < -0.3 is 5.11 Å². The molecular formula is C13H13N3O4S. The zero-order chi connectivity index (χ0) is 15.6. The minimum Gasteiger partial charge on any atom is -0.478 e. The molecule has 0 unspecified atom stereocenters. The summed E-state index contributed by atoms with van der Waals surface area (Å²) in [4.78, 5) is 38.3. The molecule has 0 saturated heterocycles. The Balaban J connectivity index is 2.25. The van der Waals surface area contributed by atoms with E-state index in [4.69, 9.17) is 5.11 Å². The number of carboxylic acid groups (broad SMARTS) is 1. The highest BCUT2D eigenvalue weighted by atomic mass is 32.2. The van der Waals surface area contributed by atoms with E-state index in [0.29, 0.717) is 16.5 Å². The second-order valence-electron chi connectivity index (χ2n) is 4.35. The molecule has 0 atom stereocenters. The molecule has 0 aliphatic rings. The first-order valence-electron chi connectivity index (χ1n) is 5.98. The van der Waals surface area contributed by atoms with E-state index in [1.54, 1.807) is 7.05 Å². The van der Waals surface area contributed by atoms with Crippen LogP contribution in [-0.4, -0.2) is 25.2 Å². The Morgan fingerprint density at radius 3 is 2.67 bits per heavy atom. The lowest BCUT2D eigenvalue weighted by molar-refractivity contribution is 0.0696. The third-order valence-electron chi connectivity index (χ3n) is 2.98.